The van der Waals surface area contributed by atoms with E-state index in [0.717, 1.165) is 16.4 Å². The summed E-state index contributed by atoms with van der Waals surface area (Å²) >= 11 is 0. The Morgan fingerprint density at radius 2 is 2.14 bits per heavy atom. The van der Waals surface area contributed by atoms with Crippen LogP contribution in [0.4, 0.5) is 10.1 Å². The summed E-state index contributed by atoms with van der Waals surface area (Å²) in [5.41, 5.74) is -0.831. The molecule has 2 atom stereocenters. The number of aliphatic hydroxyl groups is 1. The van der Waals surface area contributed by atoms with Crippen molar-refractivity contribution in [3.63, 3.8) is 0 Å². The standard InChI is InChI=1S/C11H14FN3O5S/c1-14(9-5-13-6-10(9)16)21(19,20)11-3-2-7(12)4-8(11)15(17)18/h2-4,9-10,13,16H,5-6H2,1H3/t9-,10-/m1/s1. The quantitative estimate of drug-likeness (QED) is 0.581. The molecule has 1 heterocycles. The number of rotatable bonds is 4. The second kappa shape index (κ2) is 5.64. The van der Waals surface area contributed by atoms with Gasteiger partial charge in [-0.15, -0.1) is 0 Å². The lowest BCUT2D eigenvalue weighted by Crippen LogP contribution is -2.44. The summed E-state index contributed by atoms with van der Waals surface area (Å²) in [4.78, 5) is 9.37. The summed E-state index contributed by atoms with van der Waals surface area (Å²) in [6.45, 7) is 0.460. The number of nitro groups is 1. The number of hydrogen-bond donors (Lipinski definition) is 2. The SMILES string of the molecule is CN([C@@H]1CNC[C@H]1O)S(=O)(=O)c1ccc(F)cc1[N+](=O)[O-]. The molecule has 10 heteroatoms. The van der Waals surface area contributed by atoms with Gasteiger partial charge in [0.2, 0.25) is 10.0 Å². The van der Waals surface area contributed by atoms with Crippen molar-refractivity contribution in [2.24, 2.45) is 0 Å². The van der Waals surface area contributed by atoms with E-state index in [2.05, 4.69) is 5.32 Å². The van der Waals surface area contributed by atoms with E-state index in [1.54, 1.807) is 0 Å². The fourth-order valence-corrected chi connectivity index (χ4v) is 3.73. The summed E-state index contributed by atoms with van der Waals surface area (Å²) < 4.78 is 38.9. The lowest BCUT2D eigenvalue weighted by molar-refractivity contribution is -0.388. The smallest absolute Gasteiger partial charge is 0.292 e. The highest BCUT2D eigenvalue weighted by Gasteiger charge is 2.38. The van der Waals surface area contributed by atoms with E-state index in [1.165, 1.54) is 7.05 Å². The average molecular weight is 319 g/mol. The van der Waals surface area contributed by atoms with Crippen LogP contribution in [0.15, 0.2) is 23.1 Å². The normalized spacial score (nSPS) is 22.7. The number of likely N-dealkylation sites (N-methyl/N-ethyl adjacent to an activating group) is 1. The fourth-order valence-electron chi connectivity index (χ4n) is 2.21. The minimum absolute atomic E-state index is 0.228. The van der Waals surface area contributed by atoms with Gasteiger partial charge in [-0.1, -0.05) is 0 Å². The van der Waals surface area contributed by atoms with E-state index in [-0.39, 0.29) is 13.1 Å². The molecule has 8 nitrogen and oxygen atoms in total. The zero-order valence-corrected chi connectivity index (χ0v) is 11.9. The molecule has 0 saturated carbocycles. The molecule has 1 aliphatic rings. The molecule has 0 spiro atoms. The van der Waals surface area contributed by atoms with Crippen molar-refractivity contribution in [2.45, 2.75) is 17.0 Å². The predicted molar refractivity (Wildman–Crippen MR) is 70.7 cm³/mol. The fraction of sp³-hybridized carbons (Fsp3) is 0.455. The van der Waals surface area contributed by atoms with Gasteiger partial charge in [0.05, 0.1) is 23.1 Å². The summed E-state index contributed by atoms with van der Waals surface area (Å²) in [7, 11) is -3.00. The zero-order valence-electron chi connectivity index (χ0n) is 11.1. The Kier molecular flexibility index (Phi) is 4.23. The average Bonchev–Trinajstić information content (AvgIpc) is 2.83. The van der Waals surface area contributed by atoms with Crippen LogP contribution in [-0.2, 0) is 10.0 Å². The van der Waals surface area contributed by atoms with Gasteiger partial charge in [-0.2, -0.15) is 4.31 Å². The Labute approximate surface area is 120 Å². The van der Waals surface area contributed by atoms with E-state index in [0.29, 0.717) is 6.07 Å². The summed E-state index contributed by atoms with van der Waals surface area (Å²) in [5.74, 6) is -0.897. The van der Waals surface area contributed by atoms with Crippen molar-refractivity contribution in [3.05, 3.63) is 34.1 Å². The van der Waals surface area contributed by atoms with Crippen molar-refractivity contribution in [3.8, 4) is 0 Å². The van der Waals surface area contributed by atoms with Crippen LogP contribution in [0.2, 0.25) is 0 Å². The van der Waals surface area contributed by atoms with E-state index in [9.17, 15) is 28.0 Å². The van der Waals surface area contributed by atoms with Gasteiger partial charge in [0, 0.05) is 20.1 Å². The summed E-state index contributed by atoms with van der Waals surface area (Å²) in [6.07, 6.45) is -0.913. The van der Waals surface area contributed by atoms with Crippen LogP contribution in [0.25, 0.3) is 0 Å². The first-order chi connectivity index (χ1) is 9.75. The van der Waals surface area contributed by atoms with E-state index in [1.807, 2.05) is 0 Å². The highest BCUT2D eigenvalue weighted by molar-refractivity contribution is 7.89. The second-order valence-electron chi connectivity index (χ2n) is 4.68. The van der Waals surface area contributed by atoms with Crippen LogP contribution in [0.5, 0.6) is 0 Å². The van der Waals surface area contributed by atoms with Crippen LogP contribution in [0, 0.1) is 15.9 Å². The molecule has 0 bridgehead atoms. The van der Waals surface area contributed by atoms with Crippen molar-refractivity contribution in [1.29, 1.82) is 0 Å². The largest absolute Gasteiger partial charge is 0.390 e. The van der Waals surface area contributed by atoms with Crippen molar-refractivity contribution in [2.75, 3.05) is 20.1 Å². The third-order valence-electron chi connectivity index (χ3n) is 3.39. The van der Waals surface area contributed by atoms with Crippen LogP contribution in [0.3, 0.4) is 0 Å². The number of halogens is 1. The molecular formula is C11H14FN3O5S. The van der Waals surface area contributed by atoms with Crippen LogP contribution >= 0.6 is 0 Å². The first kappa shape index (κ1) is 15.8. The number of benzene rings is 1. The van der Waals surface area contributed by atoms with Crippen LogP contribution < -0.4 is 5.32 Å². The molecule has 116 valence electrons. The maximum absolute atomic E-state index is 13.1. The Balaban J connectivity index is 2.46. The minimum Gasteiger partial charge on any atom is -0.390 e. The first-order valence-corrected chi connectivity index (χ1v) is 7.50. The molecule has 1 aromatic carbocycles. The number of hydrogen-bond acceptors (Lipinski definition) is 6. The van der Waals surface area contributed by atoms with E-state index in [4.69, 9.17) is 0 Å². The third-order valence-corrected chi connectivity index (χ3v) is 5.32. The van der Waals surface area contributed by atoms with Crippen LogP contribution in [-0.4, -0.2) is 55.0 Å². The number of nitrogens with zero attached hydrogens (tertiary/aromatic N) is 2. The predicted octanol–water partition coefficient (Wildman–Crippen LogP) is -0.313. The van der Waals surface area contributed by atoms with Gasteiger partial charge in [-0.3, -0.25) is 10.1 Å². The molecule has 1 aliphatic heterocycles. The number of β-amino-alcohol motifs (C(OH)–C–C–N with tert-alkyl or cyclic N) is 1. The van der Waals surface area contributed by atoms with Gasteiger partial charge in [0.15, 0.2) is 4.90 Å². The lowest BCUT2D eigenvalue weighted by atomic mass is 10.2. The van der Waals surface area contributed by atoms with E-state index >= 15 is 0 Å². The molecule has 0 aromatic heterocycles. The molecular weight excluding hydrogens is 305 g/mol. The van der Waals surface area contributed by atoms with Gasteiger partial charge in [0.1, 0.15) is 5.82 Å². The number of sulfonamides is 1. The molecule has 0 radical (unpaired) electrons. The molecule has 0 unspecified atom stereocenters. The molecule has 21 heavy (non-hydrogen) atoms. The van der Waals surface area contributed by atoms with Crippen LogP contribution in [0.1, 0.15) is 0 Å². The highest BCUT2D eigenvalue weighted by Crippen LogP contribution is 2.28. The molecule has 1 aromatic rings. The Morgan fingerprint density at radius 3 is 2.67 bits per heavy atom. The lowest BCUT2D eigenvalue weighted by Gasteiger charge is -2.25. The van der Waals surface area contributed by atoms with Gasteiger partial charge in [0.25, 0.3) is 5.69 Å². The molecule has 2 rings (SSSR count). The molecule has 2 N–H and O–H groups in total. The zero-order chi connectivity index (χ0) is 15.8. The molecule has 1 saturated heterocycles. The Morgan fingerprint density at radius 1 is 1.48 bits per heavy atom. The minimum atomic E-state index is -4.22. The topological polar surface area (TPSA) is 113 Å². The molecule has 1 fully saturated rings. The molecule has 0 amide bonds. The van der Waals surface area contributed by atoms with Crippen molar-refractivity contribution in [1.82, 2.24) is 9.62 Å². The number of nitrogens with one attached hydrogen (secondary N) is 1. The maximum atomic E-state index is 13.1. The summed E-state index contributed by atoms with van der Waals surface area (Å²) in [6, 6.07) is 1.52. The second-order valence-corrected chi connectivity index (χ2v) is 6.65. The summed E-state index contributed by atoms with van der Waals surface area (Å²) in [5, 5.41) is 23.5. The van der Waals surface area contributed by atoms with Gasteiger partial charge in [-0.05, 0) is 12.1 Å². The number of aliphatic hydroxyl groups excluding tert-OH is 1. The monoisotopic (exact) mass is 319 g/mol. The molecule has 0 aliphatic carbocycles. The van der Waals surface area contributed by atoms with Gasteiger partial charge in [-0.25, -0.2) is 12.8 Å². The maximum Gasteiger partial charge on any atom is 0.292 e. The highest BCUT2D eigenvalue weighted by atomic mass is 32.2. The van der Waals surface area contributed by atoms with Gasteiger partial charge >= 0.3 is 0 Å². The number of nitro benzene ring substituents is 1. The Hall–Kier alpha value is -1.62. The third kappa shape index (κ3) is 2.88. The van der Waals surface area contributed by atoms with Crippen molar-refractivity contribution < 1.29 is 22.8 Å². The first-order valence-electron chi connectivity index (χ1n) is 6.06. The Bertz CT molecular complexity index is 666. The van der Waals surface area contributed by atoms with Crippen molar-refractivity contribution >= 4 is 15.7 Å². The van der Waals surface area contributed by atoms with E-state index < -0.39 is 43.5 Å². The van der Waals surface area contributed by atoms with Gasteiger partial charge < -0.3 is 10.4 Å².